The van der Waals surface area contributed by atoms with Crippen LogP contribution < -0.4 is 5.32 Å². The lowest BCUT2D eigenvalue weighted by Gasteiger charge is -2.37. The first-order valence-electron chi connectivity index (χ1n) is 8.68. The highest BCUT2D eigenvalue weighted by molar-refractivity contribution is 6.46. The van der Waals surface area contributed by atoms with Crippen LogP contribution in [0, 0.1) is 11.6 Å². The van der Waals surface area contributed by atoms with Gasteiger partial charge in [0, 0.05) is 38.0 Å². The van der Waals surface area contributed by atoms with E-state index in [-0.39, 0.29) is 17.5 Å². The Morgan fingerprint density at radius 1 is 1.04 bits per heavy atom. The van der Waals surface area contributed by atoms with Crippen molar-refractivity contribution in [3.8, 4) is 0 Å². The number of benzene rings is 2. The summed E-state index contributed by atoms with van der Waals surface area (Å²) in [6.07, 6.45) is 1.35. The van der Waals surface area contributed by atoms with E-state index in [4.69, 9.17) is 0 Å². The number of hydrogen-bond acceptors (Lipinski definition) is 3. The number of carbonyl (C=O) groups is 1. The molecule has 2 heterocycles. The molecule has 1 spiro atoms. The van der Waals surface area contributed by atoms with Crippen molar-refractivity contribution in [2.45, 2.75) is 25.0 Å². The number of likely N-dealkylation sites (tertiary alicyclic amines) is 1. The molecule has 4 rings (SSSR count). The standard InChI is InChI=1S/C20H19F2N3O/c21-16-5-1-3-14(11-16)13-25-9-7-20(8-10-25)23-18(19(26)24-20)15-4-2-6-17(22)12-15/h1-6,11-12H,7-10,13H2,(H,24,26). The Balaban J connectivity index is 1.46. The normalized spacial score (nSPS) is 19.5. The zero-order valence-electron chi connectivity index (χ0n) is 14.2. The van der Waals surface area contributed by atoms with Gasteiger partial charge in [-0.1, -0.05) is 24.3 Å². The van der Waals surface area contributed by atoms with Crippen molar-refractivity contribution >= 4 is 11.6 Å². The molecule has 4 nitrogen and oxygen atoms in total. The molecule has 0 bridgehead atoms. The van der Waals surface area contributed by atoms with Crippen molar-refractivity contribution in [2.24, 2.45) is 4.99 Å². The van der Waals surface area contributed by atoms with Crippen LogP contribution in [0.3, 0.4) is 0 Å². The zero-order chi connectivity index (χ0) is 18.1. The van der Waals surface area contributed by atoms with E-state index in [2.05, 4.69) is 15.2 Å². The molecule has 1 N–H and O–H groups in total. The first-order chi connectivity index (χ1) is 12.5. The molecule has 0 unspecified atom stereocenters. The third-order valence-electron chi connectivity index (χ3n) is 4.96. The topological polar surface area (TPSA) is 44.7 Å². The summed E-state index contributed by atoms with van der Waals surface area (Å²) in [5, 5.41) is 2.98. The Hall–Kier alpha value is -2.60. The molecule has 2 aliphatic heterocycles. The summed E-state index contributed by atoms with van der Waals surface area (Å²) in [6, 6.07) is 12.5. The zero-order valence-corrected chi connectivity index (χ0v) is 14.2. The van der Waals surface area contributed by atoms with Crippen LogP contribution in [0.5, 0.6) is 0 Å². The second-order valence-corrected chi connectivity index (χ2v) is 6.86. The number of nitrogens with one attached hydrogen (secondary N) is 1. The summed E-state index contributed by atoms with van der Waals surface area (Å²) < 4.78 is 26.8. The van der Waals surface area contributed by atoms with E-state index in [1.54, 1.807) is 24.3 Å². The molecule has 6 heteroatoms. The van der Waals surface area contributed by atoms with E-state index in [1.165, 1.54) is 18.2 Å². The van der Waals surface area contributed by atoms with Crippen molar-refractivity contribution in [2.75, 3.05) is 13.1 Å². The van der Waals surface area contributed by atoms with Crippen molar-refractivity contribution in [3.05, 3.63) is 71.3 Å². The maximum atomic E-state index is 13.4. The fourth-order valence-electron chi connectivity index (χ4n) is 3.61. The maximum absolute atomic E-state index is 13.4. The highest BCUT2D eigenvalue weighted by Crippen LogP contribution is 2.29. The molecule has 0 radical (unpaired) electrons. The summed E-state index contributed by atoms with van der Waals surface area (Å²) in [6.45, 7) is 2.16. The van der Waals surface area contributed by atoms with Crippen LogP contribution in [-0.2, 0) is 11.3 Å². The number of hydrogen-bond donors (Lipinski definition) is 1. The van der Waals surface area contributed by atoms with E-state index in [0.717, 1.165) is 18.7 Å². The van der Waals surface area contributed by atoms with Gasteiger partial charge in [-0.05, 0) is 29.8 Å². The third-order valence-corrected chi connectivity index (χ3v) is 4.96. The monoisotopic (exact) mass is 355 g/mol. The number of nitrogens with zero attached hydrogens (tertiary/aromatic N) is 2. The molecule has 2 aromatic rings. The largest absolute Gasteiger partial charge is 0.326 e. The molecule has 26 heavy (non-hydrogen) atoms. The molecule has 0 atom stereocenters. The Bertz CT molecular complexity index is 873. The molecule has 1 saturated heterocycles. The fraction of sp³-hybridized carbons (Fsp3) is 0.300. The predicted octanol–water partition coefficient (Wildman–Crippen LogP) is 2.88. The van der Waals surface area contributed by atoms with Crippen LogP contribution >= 0.6 is 0 Å². The third kappa shape index (κ3) is 3.37. The number of carbonyl (C=O) groups excluding carboxylic acids is 1. The predicted molar refractivity (Wildman–Crippen MR) is 94.7 cm³/mol. The summed E-state index contributed by atoms with van der Waals surface area (Å²) in [5.41, 5.74) is 1.11. The highest BCUT2D eigenvalue weighted by atomic mass is 19.1. The number of amides is 1. The lowest BCUT2D eigenvalue weighted by atomic mass is 9.97. The van der Waals surface area contributed by atoms with Crippen molar-refractivity contribution in [1.82, 2.24) is 10.2 Å². The van der Waals surface area contributed by atoms with Crippen molar-refractivity contribution < 1.29 is 13.6 Å². The van der Waals surface area contributed by atoms with E-state index in [1.807, 2.05) is 6.07 Å². The van der Waals surface area contributed by atoms with Crippen molar-refractivity contribution in [3.63, 3.8) is 0 Å². The summed E-state index contributed by atoms with van der Waals surface area (Å²) >= 11 is 0. The van der Waals surface area contributed by atoms with Gasteiger partial charge in [-0.15, -0.1) is 0 Å². The minimum Gasteiger partial charge on any atom is -0.326 e. The molecule has 0 saturated carbocycles. The van der Waals surface area contributed by atoms with E-state index in [9.17, 15) is 13.6 Å². The first kappa shape index (κ1) is 16.8. The second kappa shape index (κ2) is 6.61. The lowest BCUT2D eigenvalue weighted by molar-refractivity contribution is -0.115. The van der Waals surface area contributed by atoms with Gasteiger partial charge in [0.1, 0.15) is 23.0 Å². The minimum absolute atomic E-state index is 0.233. The van der Waals surface area contributed by atoms with Gasteiger partial charge in [0.25, 0.3) is 5.91 Å². The molecule has 2 aromatic carbocycles. The van der Waals surface area contributed by atoms with Crippen LogP contribution in [0.15, 0.2) is 53.5 Å². The van der Waals surface area contributed by atoms with Crippen LogP contribution in [0.2, 0.25) is 0 Å². The molecule has 1 fully saturated rings. The fourth-order valence-corrected chi connectivity index (χ4v) is 3.61. The minimum atomic E-state index is -0.614. The summed E-state index contributed by atoms with van der Waals surface area (Å²) in [4.78, 5) is 19.2. The van der Waals surface area contributed by atoms with Gasteiger partial charge < -0.3 is 5.32 Å². The molecule has 2 aliphatic rings. The Kier molecular flexibility index (Phi) is 4.28. The van der Waals surface area contributed by atoms with Gasteiger partial charge in [-0.3, -0.25) is 14.7 Å². The number of aliphatic imine (C=N–C) groups is 1. The molecule has 1 amide bonds. The van der Waals surface area contributed by atoms with Crippen molar-refractivity contribution in [1.29, 1.82) is 0 Å². The number of piperidine rings is 1. The lowest BCUT2D eigenvalue weighted by Crippen LogP contribution is -2.50. The molecule has 134 valence electrons. The average Bonchev–Trinajstić information content (AvgIpc) is 2.94. The molecular formula is C20H19F2N3O. The van der Waals surface area contributed by atoms with Gasteiger partial charge in [0.2, 0.25) is 0 Å². The first-order valence-corrected chi connectivity index (χ1v) is 8.68. The molecule has 0 aliphatic carbocycles. The molecule has 0 aromatic heterocycles. The number of rotatable bonds is 3. The number of halogens is 2. The van der Waals surface area contributed by atoms with Gasteiger partial charge >= 0.3 is 0 Å². The quantitative estimate of drug-likeness (QED) is 0.920. The smallest absolute Gasteiger partial charge is 0.272 e. The van der Waals surface area contributed by atoms with Gasteiger partial charge in [-0.25, -0.2) is 8.78 Å². The Labute approximate surface area is 150 Å². The Morgan fingerprint density at radius 2 is 1.73 bits per heavy atom. The molecular weight excluding hydrogens is 336 g/mol. The van der Waals surface area contributed by atoms with Gasteiger partial charge in [-0.2, -0.15) is 0 Å². The Morgan fingerprint density at radius 3 is 2.42 bits per heavy atom. The van der Waals surface area contributed by atoms with E-state index < -0.39 is 5.66 Å². The SMILES string of the molecule is O=C1NC2(CCN(Cc3cccc(F)c3)CC2)N=C1c1cccc(F)c1. The van der Waals surface area contributed by atoms with Gasteiger partial charge in [0.15, 0.2) is 0 Å². The maximum Gasteiger partial charge on any atom is 0.272 e. The van der Waals surface area contributed by atoms with E-state index in [0.29, 0.717) is 30.7 Å². The summed E-state index contributed by atoms with van der Waals surface area (Å²) in [7, 11) is 0. The average molecular weight is 355 g/mol. The van der Waals surface area contributed by atoms with Crippen LogP contribution in [-0.4, -0.2) is 35.3 Å². The second-order valence-electron chi connectivity index (χ2n) is 6.86. The van der Waals surface area contributed by atoms with Crippen LogP contribution in [0.4, 0.5) is 8.78 Å². The van der Waals surface area contributed by atoms with Crippen LogP contribution in [0.1, 0.15) is 24.0 Å². The highest BCUT2D eigenvalue weighted by Gasteiger charge is 2.42. The van der Waals surface area contributed by atoms with E-state index >= 15 is 0 Å². The van der Waals surface area contributed by atoms with Gasteiger partial charge in [0.05, 0.1) is 0 Å². The summed E-state index contributed by atoms with van der Waals surface area (Å²) in [5.74, 6) is -0.874. The van der Waals surface area contributed by atoms with Crippen LogP contribution in [0.25, 0.3) is 0 Å².